The largest absolute Gasteiger partial charge is 0.410 e. The molecule has 0 radical (unpaired) electrons. The van der Waals surface area contributed by atoms with E-state index in [1.165, 1.54) is 0 Å². The number of para-hydroxylation sites is 1. The van der Waals surface area contributed by atoms with Crippen LogP contribution in [0.3, 0.4) is 0 Å². The molecule has 0 aliphatic heterocycles. The molecule has 80 valence electrons. The van der Waals surface area contributed by atoms with Gasteiger partial charge in [0.25, 0.3) is 0 Å². The Balaban J connectivity index is 2.45. The number of hydrogen-bond acceptors (Lipinski definition) is 3. The molecule has 0 bridgehead atoms. The van der Waals surface area contributed by atoms with E-state index < -0.39 is 12.2 Å². The van der Waals surface area contributed by atoms with Crippen LogP contribution in [-0.2, 0) is 0 Å². The number of thiazole rings is 1. The Morgan fingerprint density at radius 2 is 1.93 bits per heavy atom. The van der Waals surface area contributed by atoms with E-state index in [1.54, 1.807) is 24.3 Å². The third kappa shape index (κ3) is 1.95. The molecule has 1 unspecified atom stereocenters. The molecule has 0 saturated carbocycles. The van der Waals surface area contributed by atoms with Crippen LogP contribution in [0.15, 0.2) is 24.3 Å². The predicted octanol–water partition coefficient (Wildman–Crippen LogP) is 2.86. The number of nitrogens with two attached hydrogens (primary N) is 1. The summed E-state index contributed by atoms with van der Waals surface area (Å²) >= 11 is 0.976. The maximum Gasteiger partial charge on any atom is 0.410 e. The van der Waals surface area contributed by atoms with Gasteiger partial charge in [-0.05, 0) is 12.1 Å². The third-order valence-electron chi connectivity index (χ3n) is 1.93. The van der Waals surface area contributed by atoms with Crippen molar-refractivity contribution in [2.45, 2.75) is 12.2 Å². The van der Waals surface area contributed by atoms with Crippen molar-refractivity contribution in [3.8, 4) is 0 Å². The molecular formula is C9H7F3N2S. The van der Waals surface area contributed by atoms with Gasteiger partial charge < -0.3 is 5.73 Å². The summed E-state index contributed by atoms with van der Waals surface area (Å²) in [7, 11) is 0. The first-order chi connectivity index (χ1) is 6.98. The Morgan fingerprint density at radius 1 is 1.27 bits per heavy atom. The molecule has 6 heteroatoms. The minimum Gasteiger partial charge on any atom is -0.314 e. The lowest BCUT2D eigenvalue weighted by molar-refractivity contribution is -0.149. The molecule has 2 aromatic rings. The summed E-state index contributed by atoms with van der Waals surface area (Å²) in [6.07, 6.45) is -4.44. The summed E-state index contributed by atoms with van der Waals surface area (Å²) in [6.45, 7) is 0. The number of aromatic nitrogens is 1. The van der Waals surface area contributed by atoms with Crippen LogP contribution in [0.4, 0.5) is 13.2 Å². The molecule has 0 amide bonds. The number of hydrogen-bond donors (Lipinski definition) is 1. The van der Waals surface area contributed by atoms with Gasteiger partial charge in [-0.3, -0.25) is 0 Å². The first kappa shape index (κ1) is 10.4. The molecule has 1 aromatic carbocycles. The molecule has 0 fully saturated rings. The number of rotatable bonds is 1. The van der Waals surface area contributed by atoms with Crippen molar-refractivity contribution in [1.29, 1.82) is 0 Å². The Hall–Kier alpha value is -1.14. The number of halogens is 3. The van der Waals surface area contributed by atoms with Gasteiger partial charge in [0, 0.05) is 0 Å². The van der Waals surface area contributed by atoms with Gasteiger partial charge in [0.2, 0.25) is 0 Å². The number of fused-ring (bicyclic) bond motifs is 1. The molecule has 15 heavy (non-hydrogen) atoms. The highest BCUT2D eigenvalue weighted by atomic mass is 32.1. The van der Waals surface area contributed by atoms with Gasteiger partial charge >= 0.3 is 6.18 Å². The van der Waals surface area contributed by atoms with Crippen molar-refractivity contribution in [2.24, 2.45) is 5.73 Å². The van der Waals surface area contributed by atoms with E-state index in [1.807, 2.05) is 0 Å². The molecule has 1 atom stereocenters. The molecule has 0 spiro atoms. The fourth-order valence-corrected chi connectivity index (χ4v) is 2.16. The summed E-state index contributed by atoms with van der Waals surface area (Å²) in [4.78, 5) is 3.85. The lowest BCUT2D eigenvalue weighted by atomic mass is 10.3. The highest BCUT2D eigenvalue weighted by Crippen LogP contribution is 2.34. The van der Waals surface area contributed by atoms with Crippen molar-refractivity contribution < 1.29 is 13.2 Å². The highest BCUT2D eigenvalue weighted by molar-refractivity contribution is 7.18. The molecule has 2 nitrogen and oxygen atoms in total. The summed E-state index contributed by atoms with van der Waals surface area (Å²) < 4.78 is 37.6. The van der Waals surface area contributed by atoms with Crippen LogP contribution in [0.2, 0.25) is 0 Å². The summed E-state index contributed by atoms with van der Waals surface area (Å²) in [5, 5.41) is -0.0938. The summed E-state index contributed by atoms with van der Waals surface area (Å²) in [5.74, 6) is 0. The van der Waals surface area contributed by atoms with Gasteiger partial charge in [-0.1, -0.05) is 12.1 Å². The van der Waals surface area contributed by atoms with E-state index in [0.29, 0.717) is 10.2 Å². The maximum atomic E-state index is 12.3. The zero-order valence-electron chi connectivity index (χ0n) is 7.45. The lowest BCUT2D eigenvalue weighted by Crippen LogP contribution is -2.28. The topological polar surface area (TPSA) is 38.9 Å². The van der Waals surface area contributed by atoms with Crippen molar-refractivity contribution >= 4 is 21.6 Å². The van der Waals surface area contributed by atoms with Gasteiger partial charge in [0.05, 0.1) is 10.2 Å². The number of alkyl halides is 3. The van der Waals surface area contributed by atoms with Crippen LogP contribution in [0.5, 0.6) is 0 Å². The Morgan fingerprint density at radius 3 is 2.53 bits per heavy atom. The zero-order valence-corrected chi connectivity index (χ0v) is 8.27. The van der Waals surface area contributed by atoms with Crippen LogP contribution in [0.25, 0.3) is 10.2 Å². The molecule has 2 N–H and O–H groups in total. The van der Waals surface area contributed by atoms with E-state index >= 15 is 0 Å². The van der Waals surface area contributed by atoms with Crippen LogP contribution >= 0.6 is 11.3 Å². The number of benzene rings is 1. The molecule has 1 heterocycles. The first-order valence-electron chi connectivity index (χ1n) is 4.16. The van der Waals surface area contributed by atoms with Crippen LogP contribution < -0.4 is 5.73 Å². The average Bonchev–Trinajstić information content (AvgIpc) is 2.58. The van der Waals surface area contributed by atoms with Crippen LogP contribution in [0, 0.1) is 0 Å². The molecule has 1 aromatic heterocycles. The van der Waals surface area contributed by atoms with Gasteiger partial charge in [0.15, 0.2) is 6.04 Å². The summed E-state index contributed by atoms with van der Waals surface area (Å²) in [5.41, 5.74) is 5.61. The Kier molecular flexibility index (Phi) is 2.40. The number of nitrogens with zero attached hydrogens (tertiary/aromatic N) is 1. The molecular weight excluding hydrogens is 225 g/mol. The standard InChI is InChI=1S/C9H7F3N2S/c10-9(11,12)7(13)8-14-5-3-1-2-4-6(5)15-8/h1-4,7H,13H2. The van der Waals surface area contributed by atoms with Crippen molar-refractivity contribution in [2.75, 3.05) is 0 Å². The van der Waals surface area contributed by atoms with Crippen molar-refractivity contribution in [3.63, 3.8) is 0 Å². The van der Waals surface area contributed by atoms with Gasteiger partial charge in [-0.2, -0.15) is 13.2 Å². The quantitative estimate of drug-likeness (QED) is 0.821. The minimum atomic E-state index is -4.44. The van der Waals surface area contributed by atoms with Gasteiger partial charge in [-0.15, -0.1) is 11.3 Å². The van der Waals surface area contributed by atoms with E-state index in [4.69, 9.17) is 5.73 Å². The Labute approximate surface area is 87.5 Å². The highest BCUT2D eigenvalue weighted by Gasteiger charge is 2.39. The first-order valence-corrected chi connectivity index (χ1v) is 4.98. The lowest BCUT2D eigenvalue weighted by Gasteiger charge is -2.11. The maximum absolute atomic E-state index is 12.3. The second-order valence-corrected chi connectivity index (χ2v) is 4.10. The second kappa shape index (κ2) is 3.46. The van der Waals surface area contributed by atoms with Crippen molar-refractivity contribution in [3.05, 3.63) is 29.3 Å². The van der Waals surface area contributed by atoms with E-state index in [2.05, 4.69) is 4.98 Å². The monoisotopic (exact) mass is 232 g/mol. The average molecular weight is 232 g/mol. The summed E-state index contributed by atoms with van der Waals surface area (Å²) in [6, 6.07) is 4.88. The third-order valence-corrected chi connectivity index (χ3v) is 3.05. The SMILES string of the molecule is NC(c1nc2ccccc2s1)C(F)(F)F. The van der Waals surface area contributed by atoms with E-state index in [9.17, 15) is 13.2 Å². The smallest absolute Gasteiger partial charge is 0.314 e. The molecule has 2 rings (SSSR count). The zero-order chi connectivity index (χ0) is 11.1. The van der Waals surface area contributed by atoms with Crippen molar-refractivity contribution in [1.82, 2.24) is 4.98 Å². The van der Waals surface area contributed by atoms with E-state index in [-0.39, 0.29) is 5.01 Å². The normalized spacial score (nSPS) is 14.4. The Bertz CT molecular complexity index is 444. The predicted molar refractivity (Wildman–Crippen MR) is 52.6 cm³/mol. The second-order valence-electron chi connectivity index (χ2n) is 3.04. The molecule has 0 aliphatic rings. The molecule has 0 aliphatic carbocycles. The van der Waals surface area contributed by atoms with Gasteiger partial charge in [0.1, 0.15) is 5.01 Å². The molecule has 0 saturated heterocycles. The van der Waals surface area contributed by atoms with Crippen LogP contribution in [0.1, 0.15) is 11.0 Å². The fourth-order valence-electron chi connectivity index (χ4n) is 1.16. The fraction of sp³-hybridized carbons (Fsp3) is 0.222. The van der Waals surface area contributed by atoms with E-state index in [0.717, 1.165) is 11.3 Å². The van der Waals surface area contributed by atoms with Gasteiger partial charge in [-0.25, -0.2) is 4.98 Å². The van der Waals surface area contributed by atoms with Crippen LogP contribution in [-0.4, -0.2) is 11.2 Å². The minimum absolute atomic E-state index is 0.0938.